The molecule has 0 bridgehead atoms. The van der Waals surface area contributed by atoms with E-state index in [1.165, 1.54) is 0 Å². The number of rotatable bonds is 1. The van der Waals surface area contributed by atoms with Crippen LogP contribution in [0.25, 0.3) is 10.9 Å². The van der Waals surface area contributed by atoms with Crippen molar-refractivity contribution in [2.24, 2.45) is 16.5 Å². The van der Waals surface area contributed by atoms with Gasteiger partial charge < -0.3 is 16.5 Å². The second-order valence-corrected chi connectivity index (χ2v) is 3.18. The maximum atomic E-state index is 5.36. The number of aliphatic imine (C=N–C) groups is 1. The summed E-state index contributed by atoms with van der Waals surface area (Å²) in [5.41, 5.74) is 13.6. The van der Waals surface area contributed by atoms with E-state index in [-0.39, 0.29) is 5.96 Å². The van der Waals surface area contributed by atoms with Crippen molar-refractivity contribution in [1.82, 2.24) is 4.98 Å². The molecule has 4 heteroatoms. The van der Waals surface area contributed by atoms with Gasteiger partial charge in [0, 0.05) is 16.6 Å². The predicted octanol–water partition coefficient (Wildman–Crippen LogP) is 1.38. The smallest absolute Gasteiger partial charge is 0.191 e. The van der Waals surface area contributed by atoms with E-state index in [1.807, 2.05) is 31.2 Å². The lowest BCUT2D eigenvalue weighted by molar-refractivity contribution is 1.27. The van der Waals surface area contributed by atoms with Crippen molar-refractivity contribution < 1.29 is 0 Å². The number of hydrogen-bond acceptors (Lipinski definition) is 1. The van der Waals surface area contributed by atoms with Crippen LogP contribution in [0, 0.1) is 6.92 Å². The summed E-state index contributed by atoms with van der Waals surface area (Å²) in [5.74, 6) is 0.0813. The number of hydrogen-bond donors (Lipinski definition) is 3. The molecule has 0 spiro atoms. The molecule has 0 unspecified atom stereocenters. The number of nitrogens with one attached hydrogen (secondary N) is 1. The summed E-state index contributed by atoms with van der Waals surface area (Å²) < 4.78 is 0. The van der Waals surface area contributed by atoms with Crippen molar-refractivity contribution in [2.75, 3.05) is 0 Å². The molecule has 1 heterocycles. The Morgan fingerprint density at radius 3 is 2.71 bits per heavy atom. The molecule has 4 nitrogen and oxygen atoms in total. The molecule has 0 saturated heterocycles. The van der Waals surface area contributed by atoms with Gasteiger partial charge in [-0.2, -0.15) is 0 Å². The number of aryl methyl sites for hydroxylation is 1. The van der Waals surface area contributed by atoms with Crippen LogP contribution in [0.1, 0.15) is 5.69 Å². The van der Waals surface area contributed by atoms with Gasteiger partial charge in [-0.3, -0.25) is 0 Å². The Kier molecular flexibility index (Phi) is 1.89. The third-order valence-electron chi connectivity index (χ3n) is 2.10. The summed E-state index contributed by atoms with van der Waals surface area (Å²) in [6.45, 7) is 1.95. The molecular formula is C10H12N4. The Balaban J connectivity index is 2.74. The van der Waals surface area contributed by atoms with Gasteiger partial charge in [0.15, 0.2) is 5.96 Å². The Bertz CT molecular complexity index is 492. The minimum Gasteiger partial charge on any atom is -0.370 e. The molecule has 5 N–H and O–H groups in total. The lowest BCUT2D eigenvalue weighted by Crippen LogP contribution is -2.21. The normalized spacial score (nSPS) is 10.4. The standard InChI is InChI=1S/C10H12N4/c1-6-9(14-10(11)12)7-4-2-3-5-8(7)13-6/h2-5,13H,1H3,(H4,11,12,14). The summed E-state index contributed by atoms with van der Waals surface area (Å²) in [6, 6.07) is 7.91. The minimum atomic E-state index is 0.0813. The first kappa shape index (κ1) is 8.62. The summed E-state index contributed by atoms with van der Waals surface area (Å²) in [6.07, 6.45) is 0. The third-order valence-corrected chi connectivity index (χ3v) is 2.10. The van der Waals surface area contributed by atoms with Crippen molar-refractivity contribution in [1.29, 1.82) is 0 Å². The molecule has 0 fully saturated rings. The Labute approximate surface area is 81.6 Å². The van der Waals surface area contributed by atoms with E-state index in [0.29, 0.717) is 0 Å². The van der Waals surface area contributed by atoms with Gasteiger partial charge in [0.1, 0.15) is 0 Å². The van der Waals surface area contributed by atoms with E-state index in [2.05, 4.69) is 9.98 Å². The average Bonchev–Trinajstić information content (AvgIpc) is 2.43. The highest BCUT2D eigenvalue weighted by Crippen LogP contribution is 2.29. The van der Waals surface area contributed by atoms with Gasteiger partial charge >= 0.3 is 0 Å². The van der Waals surface area contributed by atoms with Crippen molar-refractivity contribution in [3.8, 4) is 0 Å². The first-order valence-corrected chi connectivity index (χ1v) is 4.35. The Morgan fingerprint density at radius 2 is 2.00 bits per heavy atom. The Morgan fingerprint density at radius 1 is 1.29 bits per heavy atom. The average molecular weight is 188 g/mol. The van der Waals surface area contributed by atoms with Gasteiger partial charge in [0.25, 0.3) is 0 Å². The number of para-hydroxylation sites is 1. The fourth-order valence-corrected chi connectivity index (χ4v) is 1.54. The van der Waals surface area contributed by atoms with Gasteiger partial charge in [0.05, 0.1) is 5.69 Å². The van der Waals surface area contributed by atoms with Crippen LogP contribution >= 0.6 is 0 Å². The highest BCUT2D eigenvalue weighted by molar-refractivity contribution is 5.95. The first-order valence-electron chi connectivity index (χ1n) is 4.35. The first-order chi connectivity index (χ1) is 6.68. The highest BCUT2D eigenvalue weighted by Gasteiger charge is 2.05. The fraction of sp³-hybridized carbons (Fsp3) is 0.100. The van der Waals surface area contributed by atoms with Crippen LogP contribution in [0.5, 0.6) is 0 Å². The lowest BCUT2D eigenvalue weighted by atomic mass is 10.2. The molecule has 1 aromatic heterocycles. The molecule has 1 aromatic carbocycles. The molecule has 0 radical (unpaired) electrons. The van der Waals surface area contributed by atoms with Crippen molar-refractivity contribution >= 4 is 22.5 Å². The topological polar surface area (TPSA) is 80.2 Å². The molecular weight excluding hydrogens is 176 g/mol. The number of nitrogens with two attached hydrogens (primary N) is 2. The van der Waals surface area contributed by atoms with Crippen molar-refractivity contribution in [3.05, 3.63) is 30.0 Å². The second kappa shape index (κ2) is 3.06. The van der Waals surface area contributed by atoms with Crippen LogP contribution in [0.2, 0.25) is 0 Å². The third kappa shape index (κ3) is 1.31. The molecule has 0 aliphatic carbocycles. The maximum Gasteiger partial charge on any atom is 0.191 e. The largest absolute Gasteiger partial charge is 0.370 e. The quantitative estimate of drug-likeness (QED) is 0.467. The van der Waals surface area contributed by atoms with Gasteiger partial charge in [0.2, 0.25) is 0 Å². The highest BCUT2D eigenvalue weighted by atomic mass is 15.0. The molecule has 0 atom stereocenters. The monoisotopic (exact) mass is 188 g/mol. The fourth-order valence-electron chi connectivity index (χ4n) is 1.54. The zero-order valence-corrected chi connectivity index (χ0v) is 7.91. The number of fused-ring (bicyclic) bond motifs is 1. The van der Waals surface area contributed by atoms with Crippen LogP contribution in [0.15, 0.2) is 29.3 Å². The molecule has 2 rings (SSSR count). The minimum absolute atomic E-state index is 0.0813. The molecule has 0 amide bonds. The van der Waals surface area contributed by atoms with Gasteiger partial charge in [-0.25, -0.2) is 4.99 Å². The number of H-pyrrole nitrogens is 1. The molecule has 0 saturated carbocycles. The van der Waals surface area contributed by atoms with E-state index in [9.17, 15) is 0 Å². The number of aromatic amines is 1. The molecule has 0 aliphatic rings. The second-order valence-electron chi connectivity index (χ2n) is 3.18. The molecule has 14 heavy (non-hydrogen) atoms. The van der Waals surface area contributed by atoms with E-state index in [0.717, 1.165) is 22.3 Å². The maximum absolute atomic E-state index is 5.36. The molecule has 72 valence electrons. The van der Waals surface area contributed by atoms with Gasteiger partial charge in [-0.1, -0.05) is 18.2 Å². The predicted molar refractivity (Wildman–Crippen MR) is 58.5 cm³/mol. The number of benzene rings is 1. The zero-order chi connectivity index (χ0) is 10.1. The van der Waals surface area contributed by atoms with Crippen molar-refractivity contribution in [2.45, 2.75) is 6.92 Å². The number of nitrogens with zero attached hydrogens (tertiary/aromatic N) is 1. The summed E-state index contributed by atoms with van der Waals surface area (Å²) in [7, 11) is 0. The van der Waals surface area contributed by atoms with Crippen LogP contribution in [-0.4, -0.2) is 10.9 Å². The van der Waals surface area contributed by atoms with Crippen molar-refractivity contribution in [3.63, 3.8) is 0 Å². The summed E-state index contributed by atoms with van der Waals surface area (Å²) >= 11 is 0. The molecule has 0 aliphatic heterocycles. The van der Waals surface area contributed by atoms with E-state index in [1.54, 1.807) is 0 Å². The van der Waals surface area contributed by atoms with E-state index < -0.39 is 0 Å². The number of aromatic nitrogens is 1. The number of guanidine groups is 1. The van der Waals surface area contributed by atoms with Gasteiger partial charge in [-0.05, 0) is 13.0 Å². The van der Waals surface area contributed by atoms with E-state index in [4.69, 9.17) is 11.5 Å². The van der Waals surface area contributed by atoms with Crippen LogP contribution in [0.3, 0.4) is 0 Å². The summed E-state index contributed by atoms with van der Waals surface area (Å²) in [5, 5.41) is 1.04. The lowest BCUT2D eigenvalue weighted by Gasteiger charge is -1.93. The SMILES string of the molecule is Cc1[nH]c2ccccc2c1N=C(N)N. The van der Waals surface area contributed by atoms with Gasteiger partial charge in [-0.15, -0.1) is 0 Å². The zero-order valence-electron chi connectivity index (χ0n) is 7.91. The molecule has 2 aromatic rings. The van der Waals surface area contributed by atoms with Crippen LogP contribution < -0.4 is 11.5 Å². The van der Waals surface area contributed by atoms with Crippen LogP contribution in [-0.2, 0) is 0 Å². The van der Waals surface area contributed by atoms with E-state index >= 15 is 0 Å². The van der Waals surface area contributed by atoms with Crippen LogP contribution in [0.4, 0.5) is 5.69 Å². The summed E-state index contributed by atoms with van der Waals surface area (Å²) in [4.78, 5) is 7.30. The Hall–Kier alpha value is -1.97.